The molecule has 30 heavy (non-hydrogen) atoms. The van der Waals surface area contributed by atoms with E-state index in [0.717, 1.165) is 6.42 Å². The van der Waals surface area contributed by atoms with Crippen molar-refractivity contribution in [2.24, 2.45) is 0 Å². The molecule has 0 bridgehead atoms. The summed E-state index contributed by atoms with van der Waals surface area (Å²) in [5, 5.41) is 3.68. The van der Waals surface area contributed by atoms with Crippen molar-refractivity contribution in [1.29, 1.82) is 0 Å². The van der Waals surface area contributed by atoms with E-state index in [1.807, 2.05) is 13.8 Å². The lowest BCUT2D eigenvalue weighted by Gasteiger charge is -2.31. The fraction of sp³-hybridized carbons (Fsp3) is 0.364. The molecule has 1 N–H and O–H groups in total. The van der Waals surface area contributed by atoms with Gasteiger partial charge in [0, 0.05) is 23.1 Å². The maximum absolute atomic E-state index is 13.8. The number of nitrogens with zero attached hydrogens (tertiary/aromatic N) is 1. The molecule has 8 heteroatoms. The summed E-state index contributed by atoms with van der Waals surface area (Å²) in [5.74, 6) is -1.31. The van der Waals surface area contributed by atoms with Gasteiger partial charge in [-0.3, -0.25) is 9.59 Å². The van der Waals surface area contributed by atoms with Gasteiger partial charge >= 0.3 is 0 Å². The lowest BCUT2D eigenvalue weighted by molar-refractivity contribution is -0.143. The van der Waals surface area contributed by atoms with E-state index in [1.54, 1.807) is 24.3 Å². The molecule has 0 radical (unpaired) electrons. The topological polar surface area (TPSA) is 58.6 Å². The van der Waals surface area contributed by atoms with Crippen LogP contribution in [0.25, 0.3) is 0 Å². The highest BCUT2D eigenvalue weighted by Gasteiger charge is 2.29. The van der Waals surface area contributed by atoms with E-state index in [2.05, 4.69) is 5.32 Å². The van der Waals surface area contributed by atoms with E-state index in [4.69, 9.17) is 27.9 Å². The predicted molar refractivity (Wildman–Crippen MR) is 116 cm³/mol. The zero-order valence-electron chi connectivity index (χ0n) is 17.0. The quantitative estimate of drug-likeness (QED) is 0.558. The minimum Gasteiger partial charge on any atom is -0.481 e. The van der Waals surface area contributed by atoms with Gasteiger partial charge in [0.2, 0.25) is 5.91 Å². The first kappa shape index (κ1) is 24.0. The second-order valence-corrected chi connectivity index (χ2v) is 7.54. The van der Waals surface area contributed by atoms with Crippen molar-refractivity contribution in [1.82, 2.24) is 10.2 Å². The van der Waals surface area contributed by atoms with Crippen LogP contribution in [0.2, 0.25) is 10.0 Å². The summed E-state index contributed by atoms with van der Waals surface area (Å²) in [6, 6.07) is 10.1. The van der Waals surface area contributed by atoms with E-state index in [1.165, 1.54) is 23.1 Å². The fourth-order valence-electron chi connectivity index (χ4n) is 2.90. The van der Waals surface area contributed by atoms with Crippen molar-refractivity contribution < 1.29 is 18.7 Å². The van der Waals surface area contributed by atoms with Gasteiger partial charge in [-0.1, -0.05) is 55.2 Å². The Bertz CT molecular complexity index is 879. The summed E-state index contributed by atoms with van der Waals surface area (Å²) >= 11 is 12.2. The lowest BCUT2D eigenvalue weighted by Crippen LogP contribution is -2.50. The minimum absolute atomic E-state index is 0.0289. The summed E-state index contributed by atoms with van der Waals surface area (Å²) in [6.45, 7) is 3.94. The van der Waals surface area contributed by atoms with Crippen LogP contribution in [-0.2, 0) is 16.1 Å². The average molecular weight is 455 g/mol. The van der Waals surface area contributed by atoms with Gasteiger partial charge in [-0.2, -0.15) is 0 Å². The number of para-hydroxylation sites is 1. The van der Waals surface area contributed by atoms with Gasteiger partial charge in [0.1, 0.15) is 6.04 Å². The molecule has 2 amide bonds. The third-order valence-corrected chi connectivity index (χ3v) is 5.07. The van der Waals surface area contributed by atoms with Crippen molar-refractivity contribution in [3.63, 3.8) is 0 Å². The van der Waals surface area contributed by atoms with Gasteiger partial charge in [-0.25, -0.2) is 4.39 Å². The SMILES string of the molecule is CCCNC(=O)[C@H](CC)N(Cc1ccc(Cl)cc1Cl)C(=O)COc1ccccc1F. The summed E-state index contributed by atoms with van der Waals surface area (Å²) < 4.78 is 19.2. The number of halogens is 3. The van der Waals surface area contributed by atoms with Crippen molar-refractivity contribution >= 4 is 35.0 Å². The summed E-state index contributed by atoms with van der Waals surface area (Å²) in [5.41, 5.74) is 0.641. The first-order valence-electron chi connectivity index (χ1n) is 9.75. The van der Waals surface area contributed by atoms with E-state index in [0.29, 0.717) is 28.6 Å². The smallest absolute Gasteiger partial charge is 0.261 e. The third kappa shape index (κ3) is 6.61. The van der Waals surface area contributed by atoms with Crippen molar-refractivity contribution in [2.45, 2.75) is 39.3 Å². The Morgan fingerprint density at radius 2 is 1.90 bits per heavy atom. The van der Waals surface area contributed by atoms with E-state index in [-0.39, 0.29) is 18.2 Å². The number of benzene rings is 2. The van der Waals surface area contributed by atoms with E-state index in [9.17, 15) is 14.0 Å². The number of ether oxygens (including phenoxy) is 1. The van der Waals surface area contributed by atoms with Gasteiger partial charge in [-0.05, 0) is 42.7 Å². The molecule has 2 rings (SSSR count). The molecule has 0 unspecified atom stereocenters. The maximum atomic E-state index is 13.8. The molecular weight excluding hydrogens is 430 g/mol. The Balaban J connectivity index is 2.25. The molecule has 0 saturated carbocycles. The highest BCUT2D eigenvalue weighted by molar-refractivity contribution is 6.35. The van der Waals surface area contributed by atoms with Crippen LogP contribution in [0, 0.1) is 5.82 Å². The molecule has 0 aliphatic carbocycles. The molecule has 0 aromatic heterocycles. The van der Waals surface area contributed by atoms with Crippen molar-refractivity contribution in [3.8, 4) is 5.75 Å². The standard InChI is InChI=1S/C22H25Cl2FN2O3/c1-3-11-26-22(29)19(4-2)27(13-15-9-10-16(23)12-17(15)24)21(28)14-30-20-8-6-5-7-18(20)25/h5-10,12,19H,3-4,11,13-14H2,1-2H3,(H,26,29)/t19-/m0/s1. The van der Waals surface area contributed by atoms with Gasteiger partial charge < -0.3 is 15.0 Å². The molecule has 2 aromatic rings. The van der Waals surface area contributed by atoms with Crippen LogP contribution >= 0.6 is 23.2 Å². The highest BCUT2D eigenvalue weighted by Crippen LogP contribution is 2.24. The Hall–Kier alpha value is -2.31. The van der Waals surface area contributed by atoms with Crippen LogP contribution in [0.1, 0.15) is 32.3 Å². The number of nitrogens with one attached hydrogen (secondary N) is 1. The van der Waals surface area contributed by atoms with Crippen LogP contribution in [-0.4, -0.2) is 35.9 Å². The van der Waals surface area contributed by atoms with Gasteiger partial charge in [0.15, 0.2) is 18.2 Å². The third-order valence-electron chi connectivity index (χ3n) is 4.48. The van der Waals surface area contributed by atoms with Crippen molar-refractivity contribution in [2.75, 3.05) is 13.2 Å². The van der Waals surface area contributed by atoms with Crippen LogP contribution in [0.4, 0.5) is 4.39 Å². The van der Waals surface area contributed by atoms with Crippen LogP contribution < -0.4 is 10.1 Å². The predicted octanol–water partition coefficient (Wildman–Crippen LogP) is 4.84. The highest BCUT2D eigenvalue weighted by atomic mass is 35.5. The summed E-state index contributed by atoms with van der Waals surface area (Å²) in [4.78, 5) is 27.1. The van der Waals surface area contributed by atoms with Crippen LogP contribution in [0.3, 0.4) is 0 Å². The normalized spacial score (nSPS) is 11.6. The lowest BCUT2D eigenvalue weighted by atomic mass is 10.1. The first-order chi connectivity index (χ1) is 14.4. The maximum Gasteiger partial charge on any atom is 0.261 e. The fourth-order valence-corrected chi connectivity index (χ4v) is 3.37. The largest absolute Gasteiger partial charge is 0.481 e. The Labute approximate surface area is 186 Å². The zero-order chi connectivity index (χ0) is 22.1. The molecule has 2 aromatic carbocycles. The minimum atomic E-state index is -0.722. The molecule has 5 nitrogen and oxygen atoms in total. The molecule has 162 valence electrons. The Morgan fingerprint density at radius 3 is 2.53 bits per heavy atom. The molecule has 0 aliphatic rings. The first-order valence-corrected chi connectivity index (χ1v) is 10.5. The summed E-state index contributed by atoms with van der Waals surface area (Å²) in [6.07, 6.45) is 1.17. The van der Waals surface area contributed by atoms with Gasteiger partial charge in [0.25, 0.3) is 5.91 Å². The number of hydrogen-bond acceptors (Lipinski definition) is 3. The van der Waals surface area contributed by atoms with Gasteiger partial charge in [-0.15, -0.1) is 0 Å². The van der Waals surface area contributed by atoms with Crippen LogP contribution in [0.15, 0.2) is 42.5 Å². The number of rotatable bonds is 10. The second-order valence-electron chi connectivity index (χ2n) is 6.69. The summed E-state index contributed by atoms with van der Waals surface area (Å²) in [7, 11) is 0. The average Bonchev–Trinajstić information content (AvgIpc) is 2.72. The molecular formula is C22H25Cl2FN2O3. The second kappa shape index (κ2) is 11.8. The Morgan fingerprint density at radius 1 is 1.17 bits per heavy atom. The zero-order valence-corrected chi connectivity index (χ0v) is 18.5. The van der Waals surface area contributed by atoms with Crippen molar-refractivity contribution in [3.05, 3.63) is 63.9 Å². The molecule has 0 saturated heterocycles. The number of amides is 2. The molecule has 0 spiro atoms. The Kier molecular flexibility index (Phi) is 9.40. The number of hydrogen-bond donors (Lipinski definition) is 1. The number of carbonyl (C=O) groups is 2. The molecule has 0 aliphatic heterocycles. The molecule has 0 heterocycles. The van der Waals surface area contributed by atoms with E-state index >= 15 is 0 Å². The van der Waals surface area contributed by atoms with Crippen LogP contribution in [0.5, 0.6) is 5.75 Å². The van der Waals surface area contributed by atoms with E-state index < -0.39 is 24.4 Å². The molecule has 0 fully saturated rings. The van der Waals surface area contributed by atoms with Gasteiger partial charge in [0.05, 0.1) is 0 Å². The number of carbonyl (C=O) groups excluding carboxylic acids is 2. The monoisotopic (exact) mass is 454 g/mol. The molecule has 1 atom stereocenters.